The lowest BCUT2D eigenvalue weighted by Crippen LogP contribution is -2.34. The van der Waals surface area contributed by atoms with E-state index in [4.69, 9.17) is 0 Å². The van der Waals surface area contributed by atoms with Gasteiger partial charge in [0.2, 0.25) is 16.0 Å². The van der Waals surface area contributed by atoms with Crippen LogP contribution in [-0.2, 0) is 10.0 Å². The van der Waals surface area contributed by atoms with Gasteiger partial charge in [0.05, 0.1) is 16.3 Å². The highest BCUT2D eigenvalue weighted by Crippen LogP contribution is 2.23. The van der Waals surface area contributed by atoms with Crippen molar-refractivity contribution in [2.24, 2.45) is 0 Å². The number of fused-ring (bicyclic) bond motifs is 1. The molecule has 0 bridgehead atoms. The monoisotopic (exact) mass is 280 g/mol. The first-order chi connectivity index (χ1) is 9.10. The highest BCUT2D eigenvalue weighted by molar-refractivity contribution is 7.90. The van der Waals surface area contributed by atoms with Crippen LogP contribution in [0.15, 0.2) is 24.3 Å². The van der Waals surface area contributed by atoms with Gasteiger partial charge in [-0.05, 0) is 25.6 Å². The van der Waals surface area contributed by atoms with E-state index in [0.717, 1.165) is 17.0 Å². The molecule has 0 amide bonds. The molecule has 1 atom stereocenters. The Kier molecular flexibility index (Phi) is 2.94. The van der Waals surface area contributed by atoms with Gasteiger partial charge in [-0.1, -0.05) is 12.1 Å². The fourth-order valence-electron chi connectivity index (χ4n) is 2.43. The van der Waals surface area contributed by atoms with Gasteiger partial charge < -0.3 is 9.88 Å². The third-order valence-electron chi connectivity index (χ3n) is 3.54. The second kappa shape index (κ2) is 4.50. The normalized spacial score (nSPS) is 20.3. The minimum atomic E-state index is -3.20. The first-order valence-corrected chi connectivity index (χ1v) is 7.77. The van der Waals surface area contributed by atoms with E-state index in [9.17, 15) is 8.42 Å². The molecule has 1 fully saturated rings. The van der Waals surface area contributed by atoms with Crippen LogP contribution in [-0.4, -0.2) is 43.8 Å². The van der Waals surface area contributed by atoms with Crippen LogP contribution in [0.2, 0.25) is 0 Å². The summed E-state index contributed by atoms with van der Waals surface area (Å²) < 4.78 is 26.0. The molecule has 2 N–H and O–H groups in total. The molecular weight excluding hydrogens is 264 g/mol. The fraction of sp³-hybridized carbons (Fsp3) is 0.417. The molecule has 1 aliphatic rings. The Labute approximate surface area is 111 Å². The van der Waals surface area contributed by atoms with E-state index in [1.54, 1.807) is 0 Å². The largest absolute Gasteiger partial charge is 0.341 e. The van der Waals surface area contributed by atoms with Crippen molar-refractivity contribution >= 4 is 27.0 Å². The van der Waals surface area contributed by atoms with Gasteiger partial charge in [0, 0.05) is 13.1 Å². The van der Waals surface area contributed by atoms with E-state index in [0.29, 0.717) is 19.5 Å². The van der Waals surface area contributed by atoms with Crippen molar-refractivity contribution in [2.75, 3.05) is 25.0 Å². The first-order valence-electron chi connectivity index (χ1n) is 6.22. The quantitative estimate of drug-likeness (QED) is 0.867. The number of nitrogens with zero attached hydrogens (tertiary/aromatic N) is 2. The van der Waals surface area contributed by atoms with Gasteiger partial charge in [0.1, 0.15) is 0 Å². The molecule has 7 heteroatoms. The Morgan fingerprint density at radius 3 is 2.95 bits per heavy atom. The van der Waals surface area contributed by atoms with Gasteiger partial charge in [-0.15, -0.1) is 0 Å². The first kappa shape index (κ1) is 12.4. The lowest BCUT2D eigenvalue weighted by Gasteiger charge is -2.14. The summed E-state index contributed by atoms with van der Waals surface area (Å²) in [6.07, 6.45) is 0.625. The minimum absolute atomic E-state index is 0.370. The smallest absolute Gasteiger partial charge is 0.216 e. The van der Waals surface area contributed by atoms with Gasteiger partial charge >= 0.3 is 0 Å². The van der Waals surface area contributed by atoms with Crippen molar-refractivity contribution in [2.45, 2.75) is 11.7 Å². The highest BCUT2D eigenvalue weighted by atomic mass is 32.2. The molecule has 1 aromatic heterocycles. The number of H-pyrrole nitrogens is 1. The standard InChI is InChI=1S/C12H16N4O2S/c1-13-19(17,18)9-6-7-16(8-9)12-14-10-4-2-3-5-11(10)15-12/h2-5,9,13H,6-8H2,1H3,(H,14,15). The van der Waals surface area contributed by atoms with Crippen LogP contribution in [0, 0.1) is 0 Å². The molecule has 6 nitrogen and oxygen atoms in total. The lowest BCUT2D eigenvalue weighted by molar-refractivity contribution is 0.575. The number of para-hydroxylation sites is 2. The zero-order chi connectivity index (χ0) is 13.5. The summed E-state index contributed by atoms with van der Waals surface area (Å²) in [6, 6.07) is 7.78. The maximum absolute atomic E-state index is 11.8. The van der Waals surface area contributed by atoms with Crippen molar-refractivity contribution in [1.82, 2.24) is 14.7 Å². The summed E-state index contributed by atoms with van der Waals surface area (Å²) in [6.45, 7) is 1.17. The number of anilines is 1. The van der Waals surface area contributed by atoms with Gasteiger partial charge in [-0.2, -0.15) is 0 Å². The summed E-state index contributed by atoms with van der Waals surface area (Å²) in [4.78, 5) is 9.70. The molecule has 19 heavy (non-hydrogen) atoms. The van der Waals surface area contributed by atoms with Crippen LogP contribution < -0.4 is 9.62 Å². The summed E-state index contributed by atoms with van der Waals surface area (Å²) >= 11 is 0. The van der Waals surface area contributed by atoms with Gasteiger partial charge in [-0.25, -0.2) is 18.1 Å². The topological polar surface area (TPSA) is 78.1 Å². The van der Waals surface area contributed by atoms with Crippen molar-refractivity contribution in [1.29, 1.82) is 0 Å². The third kappa shape index (κ3) is 2.19. The van der Waals surface area contributed by atoms with Crippen LogP contribution in [0.1, 0.15) is 6.42 Å². The summed E-state index contributed by atoms with van der Waals surface area (Å²) in [7, 11) is -1.74. The predicted octanol–water partition coefficient (Wildman–Crippen LogP) is 0.691. The maximum atomic E-state index is 11.8. The molecule has 0 spiro atoms. The summed E-state index contributed by atoms with van der Waals surface area (Å²) in [5.41, 5.74) is 1.87. The van der Waals surface area contributed by atoms with Crippen molar-refractivity contribution < 1.29 is 8.42 Å². The molecule has 0 radical (unpaired) electrons. The van der Waals surface area contributed by atoms with Crippen LogP contribution in [0.5, 0.6) is 0 Å². The molecule has 2 aromatic rings. The Morgan fingerprint density at radius 1 is 1.42 bits per heavy atom. The number of nitrogens with one attached hydrogen (secondary N) is 2. The number of benzene rings is 1. The molecular formula is C12H16N4O2S. The van der Waals surface area contributed by atoms with Crippen LogP contribution in [0.3, 0.4) is 0 Å². The van der Waals surface area contributed by atoms with E-state index < -0.39 is 10.0 Å². The molecule has 0 aliphatic carbocycles. The highest BCUT2D eigenvalue weighted by Gasteiger charge is 2.33. The molecule has 1 unspecified atom stereocenters. The van der Waals surface area contributed by atoms with E-state index in [2.05, 4.69) is 14.7 Å². The van der Waals surface area contributed by atoms with E-state index in [-0.39, 0.29) is 5.25 Å². The van der Waals surface area contributed by atoms with Crippen LogP contribution in [0.4, 0.5) is 5.95 Å². The zero-order valence-electron chi connectivity index (χ0n) is 10.6. The lowest BCUT2D eigenvalue weighted by atomic mass is 10.3. The van der Waals surface area contributed by atoms with E-state index in [1.807, 2.05) is 29.2 Å². The number of sulfonamides is 1. The van der Waals surface area contributed by atoms with Crippen molar-refractivity contribution in [3.05, 3.63) is 24.3 Å². The Bertz CT molecular complexity index is 662. The molecule has 102 valence electrons. The molecule has 2 heterocycles. The van der Waals surface area contributed by atoms with Gasteiger partial charge in [0.25, 0.3) is 0 Å². The Hall–Kier alpha value is -1.60. The number of imidazole rings is 1. The van der Waals surface area contributed by atoms with Gasteiger partial charge in [0.15, 0.2) is 0 Å². The van der Waals surface area contributed by atoms with E-state index in [1.165, 1.54) is 7.05 Å². The van der Waals surface area contributed by atoms with Gasteiger partial charge in [-0.3, -0.25) is 0 Å². The van der Waals surface area contributed by atoms with E-state index >= 15 is 0 Å². The predicted molar refractivity (Wildman–Crippen MR) is 74.7 cm³/mol. The summed E-state index contributed by atoms with van der Waals surface area (Å²) in [5, 5.41) is -0.370. The molecule has 3 rings (SSSR count). The third-order valence-corrected chi connectivity index (χ3v) is 5.38. The Morgan fingerprint density at radius 2 is 2.21 bits per heavy atom. The second-order valence-corrected chi connectivity index (χ2v) is 6.85. The Balaban J connectivity index is 1.85. The second-order valence-electron chi connectivity index (χ2n) is 4.68. The molecule has 1 saturated heterocycles. The summed E-state index contributed by atoms with van der Waals surface area (Å²) in [5.74, 6) is 0.745. The van der Waals surface area contributed by atoms with Crippen LogP contribution >= 0.6 is 0 Å². The number of hydrogen-bond donors (Lipinski definition) is 2. The maximum Gasteiger partial charge on any atom is 0.216 e. The zero-order valence-corrected chi connectivity index (χ0v) is 11.4. The van der Waals surface area contributed by atoms with Crippen LogP contribution in [0.25, 0.3) is 11.0 Å². The SMILES string of the molecule is CNS(=O)(=O)C1CCN(c2nc3ccccc3[nH]2)C1. The number of aromatic amines is 1. The molecule has 1 aliphatic heterocycles. The fourth-order valence-corrected chi connectivity index (χ4v) is 3.55. The minimum Gasteiger partial charge on any atom is -0.341 e. The average Bonchev–Trinajstić information content (AvgIpc) is 3.05. The number of hydrogen-bond acceptors (Lipinski definition) is 4. The van der Waals surface area contributed by atoms with Crippen molar-refractivity contribution in [3.63, 3.8) is 0 Å². The van der Waals surface area contributed by atoms with Crippen molar-refractivity contribution in [3.8, 4) is 0 Å². The molecule has 1 aromatic carbocycles. The molecule has 0 saturated carbocycles. The number of rotatable bonds is 3. The average molecular weight is 280 g/mol. The number of aromatic nitrogens is 2.